The number of nitro groups is 1. The fourth-order valence-electron chi connectivity index (χ4n) is 2.79. The molecular weight excluding hydrogens is 342 g/mol. The van der Waals surface area contributed by atoms with Crippen LogP contribution in [0.15, 0.2) is 60.7 Å². The molecule has 0 atom stereocenters. The first-order valence-electron chi connectivity index (χ1n) is 8.86. The molecule has 0 bridgehead atoms. The standard InChI is InChI=1S/C20H19N5O2/c26-25(27)18-9-5-4-8-15(18)13-21-19-12-17(14-6-2-1-3-7-14)23-20(24-19)22-16-10-11-16/h1-9,12,16H,10-11,13H2,(H2,21,22,23,24). The number of nitro benzene ring substituents is 1. The maximum absolute atomic E-state index is 11.2. The highest BCUT2D eigenvalue weighted by Gasteiger charge is 2.22. The largest absolute Gasteiger partial charge is 0.366 e. The number of benzene rings is 2. The fraction of sp³-hybridized carbons (Fsp3) is 0.200. The molecule has 2 N–H and O–H groups in total. The summed E-state index contributed by atoms with van der Waals surface area (Å²) in [6.07, 6.45) is 2.25. The Balaban J connectivity index is 1.61. The molecule has 0 saturated heterocycles. The molecule has 3 aromatic rings. The van der Waals surface area contributed by atoms with Crippen LogP contribution in [-0.2, 0) is 6.54 Å². The van der Waals surface area contributed by atoms with E-state index < -0.39 is 0 Å². The molecule has 0 amide bonds. The first-order valence-corrected chi connectivity index (χ1v) is 8.86. The summed E-state index contributed by atoms with van der Waals surface area (Å²) < 4.78 is 0. The van der Waals surface area contributed by atoms with Crippen LogP contribution in [0.4, 0.5) is 17.5 Å². The van der Waals surface area contributed by atoms with E-state index in [0.29, 0.717) is 29.9 Å². The van der Waals surface area contributed by atoms with Crippen molar-refractivity contribution in [1.82, 2.24) is 9.97 Å². The SMILES string of the molecule is O=[N+]([O-])c1ccccc1CNc1cc(-c2ccccc2)nc(NC2CC2)n1. The highest BCUT2D eigenvalue weighted by Crippen LogP contribution is 2.27. The van der Waals surface area contributed by atoms with Crippen molar-refractivity contribution in [2.45, 2.75) is 25.4 Å². The lowest BCUT2D eigenvalue weighted by Gasteiger charge is -2.11. The van der Waals surface area contributed by atoms with Gasteiger partial charge in [0.2, 0.25) is 5.95 Å². The molecule has 7 nitrogen and oxygen atoms in total. The van der Waals surface area contributed by atoms with Crippen LogP contribution in [0, 0.1) is 10.1 Å². The number of anilines is 2. The lowest BCUT2D eigenvalue weighted by Crippen LogP contribution is -2.09. The van der Waals surface area contributed by atoms with E-state index >= 15 is 0 Å². The Morgan fingerprint density at radius 3 is 2.52 bits per heavy atom. The van der Waals surface area contributed by atoms with E-state index in [4.69, 9.17) is 0 Å². The Morgan fingerprint density at radius 2 is 1.78 bits per heavy atom. The van der Waals surface area contributed by atoms with E-state index in [9.17, 15) is 10.1 Å². The van der Waals surface area contributed by atoms with Gasteiger partial charge in [-0.1, -0.05) is 48.5 Å². The highest BCUT2D eigenvalue weighted by atomic mass is 16.6. The average molecular weight is 361 g/mol. The Kier molecular flexibility index (Phi) is 4.65. The molecule has 1 aliphatic carbocycles. The lowest BCUT2D eigenvalue weighted by molar-refractivity contribution is -0.385. The second-order valence-corrected chi connectivity index (χ2v) is 6.49. The lowest BCUT2D eigenvalue weighted by atomic mass is 10.1. The van der Waals surface area contributed by atoms with Gasteiger partial charge in [-0.3, -0.25) is 10.1 Å². The molecule has 136 valence electrons. The molecule has 0 radical (unpaired) electrons. The summed E-state index contributed by atoms with van der Waals surface area (Å²) >= 11 is 0. The number of nitrogens with zero attached hydrogens (tertiary/aromatic N) is 3. The molecule has 0 spiro atoms. The van der Waals surface area contributed by atoms with E-state index in [-0.39, 0.29) is 10.6 Å². The van der Waals surface area contributed by atoms with Crippen LogP contribution in [0.3, 0.4) is 0 Å². The van der Waals surface area contributed by atoms with Crippen LogP contribution in [0.5, 0.6) is 0 Å². The smallest absolute Gasteiger partial charge is 0.274 e. The number of aromatic nitrogens is 2. The summed E-state index contributed by atoms with van der Waals surface area (Å²) in [5, 5.41) is 17.7. The zero-order valence-corrected chi connectivity index (χ0v) is 14.6. The number of nitrogens with one attached hydrogen (secondary N) is 2. The van der Waals surface area contributed by atoms with E-state index in [1.54, 1.807) is 18.2 Å². The minimum absolute atomic E-state index is 0.0960. The van der Waals surface area contributed by atoms with Crippen LogP contribution >= 0.6 is 0 Å². The Hall–Kier alpha value is -3.48. The van der Waals surface area contributed by atoms with Gasteiger partial charge in [0, 0.05) is 35.8 Å². The summed E-state index contributed by atoms with van der Waals surface area (Å²) in [5.41, 5.74) is 2.50. The van der Waals surface area contributed by atoms with Gasteiger partial charge >= 0.3 is 0 Å². The summed E-state index contributed by atoms with van der Waals surface area (Å²) in [4.78, 5) is 20.0. The summed E-state index contributed by atoms with van der Waals surface area (Å²) in [7, 11) is 0. The zero-order valence-electron chi connectivity index (χ0n) is 14.6. The molecule has 27 heavy (non-hydrogen) atoms. The molecule has 1 fully saturated rings. The Bertz CT molecular complexity index is 958. The number of hydrogen-bond donors (Lipinski definition) is 2. The van der Waals surface area contributed by atoms with Gasteiger partial charge in [0.05, 0.1) is 10.6 Å². The molecule has 1 aliphatic rings. The summed E-state index contributed by atoms with van der Waals surface area (Å²) in [5.74, 6) is 1.20. The third-order valence-electron chi connectivity index (χ3n) is 4.35. The van der Waals surface area contributed by atoms with Gasteiger partial charge in [-0.05, 0) is 12.8 Å². The van der Waals surface area contributed by atoms with Crippen LogP contribution in [-0.4, -0.2) is 20.9 Å². The van der Waals surface area contributed by atoms with E-state index in [0.717, 1.165) is 24.1 Å². The van der Waals surface area contributed by atoms with Gasteiger partial charge < -0.3 is 10.6 Å². The topological polar surface area (TPSA) is 93.0 Å². The van der Waals surface area contributed by atoms with Crippen molar-refractivity contribution in [2.24, 2.45) is 0 Å². The van der Waals surface area contributed by atoms with Gasteiger partial charge in [-0.15, -0.1) is 0 Å². The summed E-state index contributed by atoms with van der Waals surface area (Å²) in [6, 6.07) is 18.9. The molecule has 0 unspecified atom stereocenters. The molecule has 1 saturated carbocycles. The van der Waals surface area contributed by atoms with E-state index in [1.807, 2.05) is 36.4 Å². The third kappa shape index (κ3) is 4.20. The molecule has 1 heterocycles. The average Bonchev–Trinajstić information content (AvgIpc) is 3.51. The van der Waals surface area contributed by atoms with Crippen molar-refractivity contribution >= 4 is 17.5 Å². The van der Waals surface area contributed by atoms with Crippen molar-refractivity contribution in [2.75, 3.05) is 10.6 Å². The van der Waals surface area contributed by atoms with Gasteiger partial charge in [0.15, 0.2) is 0 Å². The second-order valence-electron chi connectivity index (χ2n) is 6.49. The van der Waals surface area contributed by atoms with Crippen LogP contribution < -0.4 is 10.6 Å². The normalized spacial score (nSPS) is 13.2. The fourth-order valence-corrected chi connectivity index (χ4v) is 2.79. The highest BCUT2D eigenvalue weighted by molar-refractivity contribution is 5.64. The zero-order chi connectivity index (χ0) is 18.6. The first-order chi connectivity index (χ1) is 13.2. The molecule has 4 rings (SSSR count). The van der Waals surface area contributed by atoms with Gasteiger partial charge in [0.25, 0.3) is 5.69 Å². The second kappa shape index (κ2) is 7.41. The predicted molar refractivity (Wildman–Crippen MR) is 105 cm³/mol. The quantitative estimate of drug-likeness (QED) is 0.483. The summed E-state index contributed by atoms with van der Waals surface area (Å²) in [6.45, 7) is 0.311. The van der Waals surface area contributed by atoms with Gasteiger partial charge in [-0.25, -0.2) is 4.98 Å². The third-order valence-corrected chi connectivity index (χ3v) is 4.35. The van der Waals surface area contributed by atoms with Gasteiger partial charge in [-0.2, -0.15) is 4.98 Å². The van der Waals surface area contributed by atoms with Crippen molar-refractivity contribution in [3.8, 4) is 11.3 Å². The van der Waals surface area contributed by atoms with Gasteiger partial charge in [0.1, 0.15) is 5.82 Å². The van der Waals surface area contributed by atoms with Crippen LogP contribution in [0.1, 0.15) is 18.4 Å². The minimum atomic E-state index is -0.369. The van der Waals surface area contributed by atoms with Crippen molar-refractivity contribution in [3.63, 3.8) is 0 Å². The molecular formula is C20H19N5O2. The van der Waals surface area contributed by atoms with E-state index in [2.05, 4.69) is 20.6 Å². The van der Waals surface area contributed by atoms with Crippen LogP contribution in [0.2, 0.25) is 0 Å². The number of rotatable bonds is 7. The molecule has 2 aromatic carbocycles. The Labute approximate surface area is 156 Å². The monoisotopic (exact) mass is 361 g/mol. The first kappa shape index (κ1) is 17.0. The minimum Gasteiger partial charge on any atom is -0.366 e. The Morgan fingerprint density at radius 1 is 1.04 bits per heavy atom. The molecule has 7 heteroatoms. The molecule has 0 aliphatic heterocycles. The molecule has 1 aromatic heterocycles. The number of hydrogen-bond acceptors (Lipinski definition) is 6. The van der Waals surface area contributed by atoms with Crippen LogP contribution in [0.25, 0.3) is 11.3 Å². The van der Waals surface area contributed by atoms with Crippen molar-refractivity contribution < 1.29 is 4.92 Å². The maximum atomic E-state index is 11.2. The maximum Gasteiger partial charge on any atom is 0.274 e. The van der Waals surface area contributed by atoms with Crippen molar-refractivity contribution in [1.29, 1.82) is 0 Å². The predicted octanol–water partition coefficient (Wildman–Crippen LogP) is 4.24. The van der Waals surface area contributed by atoms with Crippen molar-refractivity contribution in [3.05, 3.63) is 76.3 Å². The van der Waals surface area contributed by atoms with E-state index in [1.165, 1.54) is 6.07 Å². The number of para-hydroxylation sites is 1.